The van der Waals surface area contributed by atoms with Gasteiger partial charge < -0.3 is 10.6 Å². The number of carbonyl (C=O) groups is 2. The quantitative estimate of drug-likeness (QED) is 0.477. The molecule has 3 aromatic carbocycles. The van der Waals surface area contributed by atoms with Gasteiger partial charge in [-0.3, -0.25) is 9.69 Å². The summed E-state index contributed by atoms with van der Waals surface area (Å²) in [4.78, 5) is 28.2. The Morgan fingerprint density at radius 1 is 1.00 bits per heavy atom. The number of nitrogens with one attached hydrogen (secondary N) is 2. The number of carbonyl (C=O) groups excluding carboxylic acids is 2. The molecule has 0 bridgehead atoms. The highest BCUT2D eigenvalue weighted by Crippen LogP contribution is 2.41. The molecule has 3 amide bonds. The average Bonchev–Trinajstić information content (AvgIpc) is 3.27. The maximum atomic E-state index is 13.4. The number of nitrogens with zero attached hydrogens (tertiary/aromatic N) is 1. The van der Waals surface area contributed by atoms with E-state index in [2.05, 4.69) is 10.6 Å². The summed E-state index contributed by atoms with van der Waals surface area (Å²) in [6.45, 7) is 4.42. The van der Waals surface area contributed by atoms with E-state index in [0.29, 0.717) is 23.0 Å². The van der Waals surface area contributed by atoms with Gasteiger partial charge in [0, 0.05) is 23.0 Å². The van der Waals surface area contributed by atoms with Crippen LogP contribution in [0.5, 0.6) is 0 Å². The molecule has 4 rings (SSSR count). The van der Waals surface area contributed by atoms with Crippen molar-refractivity contribution in [3.05, 3.63) is 100 Å². The van der Waals surface area contributed by atoms with Crippen LogP contribution in [0.1, 0.15) is 27.6 Å². The lowest BCUT2D eigenvalue weighted by molar-refractivity contribution is -0.124. The summed E-state index contributed by atoms with van der Waals surface area (Å²) in [7, 11) is 0. The molecule has 1 aliphatic rings. The molecule has 0 aliphatic carbocycles. The number of aryl methyl sites for hydroxylation is 2. The predicted molar refractivity (Wildman–Crippen MR) is 136 cm³/mol. The van der Waals surface area contributed by atoms with Gasteiger partial charge in [-0.05, 0) is 60.4 Å². The number of halogens is 1. The normalized spacial score (nSPS) is 17.6. The Hall–Kier alpha value is -2.96. The van der Waals surface area contributed by atoms with Gasteiger partial charge in [0.05, 0.1) is 0 Å². The summed E-state index contributed by atoms with van der Waals surface area (Å²) in [5.74, 6) is 0.345. The Kier molecular flexibility index (Phi) is 7.26. The summed E-state index contributed by atoms with van der Waals surface area (Å²) in [5, 5.41) is 6.38. The monoisotopic (exact) mass is 479 g/mol. The molecular formula is C26H26ClN3O2S. The van der Waals surface area contributed by atoms with E-state index in [-0.39, 0.29) is 17.3 Å². The number of thioether (sulfide) groups is 1. The largest absolute Gasteiger partial charge is 0.350 e. The molecule has 3 aromatic rings. The SMILES string of the molecule is Cc1ccc(NC(=O)N2C(C(=O)NCc3ccc(Cl)cc3)CSC2c2ccccc2)cc1C. The lowest BCUT2D eigenvalue weighted by atomic mass is 10.1. The van der Waals surface area contributed by atoms with E-state index in [4.69, 9.17) is 11.6 Å². The Morgan fingerprint density at radius 3 is 2.42 bits per heavy atom. The lowest BCUT2D eigenvalue weighted by Crippen LogP contribution is -2.49. The molecule has 1 aliphatic heterocycles. The van der Waals surface area contributed by atoms with Crippen LogP contribution in [0.3, 0.4) is 0 Å². The highest BCUT2D eigenvalue weighted by molar-refractivity contribution is 7.99. The molecule has 7 heteroatoms. The molecule has 0 spiro atoms. The minimum atomic E-state index is -0.584. The van der Waals surface area contributed by atoms with Crippen molar-refractivity contribution in [2.45, 2.75) is 31.8 Å². The van der Waals surface area contributed by atoms with Crippen molar-refractivity contribution in [1.29, 1.82) is 0 Å². The molecule has 1 saturated heterocycles. The lowest BCUT2D eigenvalue weighted by Gasteiger charge is -2.29. The van der Waals surface area contributed by atoms with E-state index in [1.165, 1.54) is 0 Å². The van der Waals surface area contributed by atoms with Crippen LogP contribution in [0.15, 0.2) is 72.8 Å². The van der Waals surface area contributed by atoms with E-state index < -0.39 is 6.04 Å². The van der Waals surface area contributed by atoms with Crippen molar-refractivity contribution in [1.82, 2.24) is 10.2 Å². The first-order chi connectivity index (χ1) is 15.9. The number of benzene rings is 3. The van der Waals surface area contributed by atoms with E-state index in [1.807, 2.05) is 74.5 Å². The van der Waals surface area contributed by atoms with Crippen LogP contribution in [0.2, 0.25) is 5.02 Å². The third-order valence-corrected chi connectivity index (χ3v) is 7.34. The number of hydrogen-bond donors (Lipinski definition) is 2. The summed E-state index contributed by atoms with van der Waals surface area (Å²) >= 11 is 7.54. The molecular weight excluding hydrogens is 454 g/mol. The van der Waals surface area contributed by atoms with Gasteiger partial charge in [-0.25, -0.2) is 4.79 Å². The van der Waals surface area contributed by atoms with Gasteiger partial charge in [-0.15, -0.1) is 11.8 Å². The highest BCUT2D eigenvalue weighted by Gasteiger charge is 2.42. The first kappa shape index (κ1) is 23.2. The minimum Gasteiger partial charge on any atom is -0.350 e. The smallest absolute Gasteiger partial charge is 0.323 e. The van der Waals surface area contributed by atoms with Gasteiger partial charge in [0.15, 0.2) is 0 Å². The van der Waals surface area contributed by atoms with Crippen molar-refractivity contribution >= 4 is 41.0 Å². The van der Waals surface area contributed by atoms with Crippen LogP contribution < -0.4 is 10.6 Å². The fraction of sp³-hybridized carbons (Fsp3) is 0.231. The zero-order chi connectivity index (χ0) is 23.4. The Labute approximate surface area is 203 Å². The van der Waals surface area contributed by atoms with Crippen LogP contribution in [-0.4, -0.2) is 28.6 Å². The summed E-state index contributed by atoms with van der Waals surface area (Å²) in [5.41, 5.74) is 4.91. The van der Waals surface area contributed by atoms with E-state index in [0.717, 1.165) is 22.3 Å². The number of rotatable bonds is 5. The van der Waals surface area contributed by atoms with Crippen LogP contribution in [0, 0.1) is 13.8 Å². The van der Waals surface area contributed by atoms with E-state index in [1.54, 1.807) is 28.8 Å². The second-order valence-corrected chi connectivity index (χ2v) is 9.64. The maximum absolute atomic E-state index is 13.4. The van der Waals surface area contributed by atoms with E-state index >= 15 is 0 Å². The first-order valence-corrected chi connectivity index (χ1v) is 12.2. The van der Waals surface area contributed by atoms with Crippen molar-refractivity contribution in [2.24, 2.45) is 0 Å². The Morgan fingerprint density at radius 2 is 1.73 bits per heavy atom. The first-order valence-electron chi connectivity index (χ1n) is 10.8. The molecule has 2 N–H and O–H groups in total. The van der Waals surface area contributed by atoms with Crippen molar-refractivity contribution in [3.8, 4) is 0 Å². The standard InChI is InChI=1S/C26H26ClN3O2S/c1-17-8-13-22(14-18(17)2)29-26(32)30-23(16-33-25(30)20-6-4-3-5-7-20)24(31)28-15-19-9-11-21(27)12-10-19/h3-14,23,25H,15-16H2,1-2H3,(H,28,31)(H,29,32). The number of urea groups is 1. The second-order valence-electron chi connectivity index (χ2n) is 8.09. The predicted octanol–water partition coefficient (Wildman–Crippen LogP) is 5.92. The molecule has 1 fully saturated rings. The fourth-order valence-electron chi connectivity index (χ4n) is 3.75. The zero-order valence-corrected chi connectivity index (χ0v) is 20.1. The van der Waals surface area contributed by atoms with Crippen LogP contribution in [0.25, 0.3) is 0 Å². The molecule has 170 valence electrons. The Balaban J connectivity index is 1.54. The topological polar surface area (TPSA) is 61.4 Å². The molecule has 0 saturated carbocycles. The fourth-order valence-corrected chi connectivity index (χ4v) is 5.30. The third-order valence-electron chi connectivity index (χ3n) is 5.76. The van der Waals surface area contributed by atoms with Gasteiger partial charge in [0.25, 0.3) is 0 Å². The molecule has 33 heavy (non-hydrogen) atoms. The van der Waals surface area contributed by atoms with Crippen LogP contribution >= 0.6 is 23.4 Å². The molecule has 1 heterocycles. The van der Waals surface area contributed by atoms with Crippen molar-refractivity contribution in [2.75, 3.05) is 11.1 Å². The summed E-state index contributed by atoms with van der Waals surface area (Å²) in [6, 6.07) is 22.1. The van der Waals surface area contributed by atoms with Crippen LogP contribution in [0.4, 0.5) is 10.5 Å². The molecule has 2 atom stereocenters. The molecule has 2 unspecified atom stereocenters. The number of hydrogen-bond acceptors (Lipinski definition) is 3. The van der Waals surface area contributed by atoms with Gasteiger partial charge in [0.2, 0.25) is 5.91 Å². The number of amides is 3. The van der Waals surface area contributed by atoms with Crippen molar-refractivity contribution < 1.29 is 9.59 Å². The van der Waals surface area contributed by atoms with Gasteiger partial charge in [-0.2, -0.15) is 0 Å². The van der Waals surface area contributed by atoms with Gasteiger partial charge >= 0.3 is 6.03 Å². The van der Waals surface area contributed by atoms with Gasteiger partial charge in [0.1, 0.15) is 11.4 Å². The molecule has 0 radical (unpaired) electrons. The summed E-state index contributed by atoms with van der Waals surface area (Å²) in [6.07, 6.45) is 0. The Bertz CT molecular complexity index is 1140. The average molecular weight is 480 g/mol. The molecule has 0 aromatic heterocycles. The van der Waals surface area contributed by atoms with E-state index in [9.17, 15) is 9.59 Å². The highest BCUT2D eigenvalue weighted by atomic mass is 35.5. The van der Waals surface area contributed by atoms with Crippen molar-refractivity contribution in [3.63, 3.8) is 0 Å². The maximum Gasteiger partial charge on any atom is 0.323 e. The zero-order valence-electron chi connectivity index (χ0n) is 18.5. The third kappa shape index (κ3) is 5.52. The van der Waals surface area contributed by atoms with Gasteiger partial charge in [-0.1, -0.05) is 60.1 Å². The summed E-state index contributed by atoms with van der Waals surface area (Å²) < 4.78 is 0. The molecule has 5 nitrogen and oxygen atoms in total. The minimum absolute atomic E-state index is 0.175. The number of anilines is 1. The second kappa shape index (κ2) is 10.3. The van der Waals surface area contributed by atoms with Crippen LogP contribution in [-0.2, 0) is 11.3 Å².